The minimum Gasteiger partial charge on any atom is -0.382 e. The van der Waals surface area contributed by atoms with Crippen LogP contribution in [0.25, 0.3) is 0 Å². The fourth-order valence-electron chi connectivity index (χ4n) is 0.942. The molecule has 0 saturated heterocycles. The first-order valence-corrected chi connectivity index (χ1v) is 3.88. The van der Waals surface area contributed by atoms with Gasteiger partial charge in [0.25, 0.3) is 0 Å². The minimum absolute atomic E-state index is 0.279. The number of hydrogen-bond acceptors (Lipinski definition) is 2. The first-order valence-electron chi connectivity index (χ1n) is 3.88. The zero-order chi connectivity index (χ0) is 8.69. The van der Waals surface area contributed by atoms with Gasteiger partial charge >= 0.3 is 0 Å². The van der Waals surface area contributed by atoms with E-state index in [1.165, 1.54) is 0 Å². The highest BCUT2D eigenvalue weighted by Crippen LogP contribution is 2.03. The van der Waals surface area contributed by atoms with Crippen molar-refractivity contribution in [2.75, 3.05) is 14.2 Å². The Morgan fingerprint density at radius 2 is 2.27 bits per heavy atom. The van der Waals surface area contributed by atoms with Gasteiger partial charge in [0.1, 0.15) is 0 Å². The molecule has 2 atom stereocenters. The molecule has 2 heteroatoms. The Morgan fingerprint density at radius 3 is 2.64 bits per heavy atom. The third-order valence-electron chi connectivity index (χ3n) is 1.79. The van der Waals surface area contributed by atoms with Crippen molar-refractivity contribution >= 4 is 0 Å². The number of nitrogens with one attached hydrogen (secondary N) is 1. The third-order valence-corrected chi connectivity index (χ3v) is 1.79. The van der Waals surface area contributed by atoms with Crippen LogP contribution in [-0.4, -0.2) is 26.3 Å². The maximum Gasteiger partial charge on any atom is 0.0558 e. The summed E-state index contributed by atoms with van der Waals surface area (Å²) in [6.07, 6.45) is 7.21. The van der Waals surface area contributed by atoms with Crippen molar-refractivity contribution in [1.29, 1.82) is 0 Å². The average molecular weight is 155 g/mol. The number of hydrogen-bond donors (Lipinski definition) is 1. The molecule has 0 aliphatic heterocycles. The van der Waals surface area contributed by atoms with Crippen LogP contribution in [-0.2, 0) is 4.74 Å². The van der Waals surface area contributed by atoms with Gasteiger partial charge in [-0.3, -0.25) is 0 Å². The Kier molecular flexibility index (Phi) is 5.91. The molecule has 0 aromatic carbocycles. The molecule has 2 nitrogen and oxygen atoms in total. The lowest BCUT2D eigenvalue weighted by molar-refractivity contribution is 0.102. The molecular formula is C9H17NO. The maximum absolute atomic E-state index is 5.19. The zero-order valence-corrected chi connectivity index (χ0v) is 7.55. The molecule has 0 amide bonds. The van der Waals surface area contributed by atoms with Gasteiger partial charge in [-0.2, -0.15) is 0 Å². The minimum atomic E-state index is 0.279. The van der Waals surface area contributed by atoms with Crippen LogP contribution in [0.2, 0.25) is 0 Å². The van der Waals surface area contributed by atoms with Gasteiger partial charge in [0, 0.05) is 19.6 Å². The van der Waals surface area contributed by atoms with Crippen LogP contribution >= 0.6 is 0 Å². The van der Waals surface area contributed by atoms with E-state index >= 15 is 0 Å². The van der Waals surface area contributed by atoms with E-state index in [0.717, 1.165) is 12.8 Å². The summed E-state index contributed by atoms with van der Waals surface area (Å²) in [6.45, 7) is 2.04. The van der Waals surface area contributed by atoms with E-state index in [1.54, 1.807) is 7.11 Å². The Morgan fingerprint density at radius 1 is 1.64 bits per heavy atom. The number of terminal acetylenes is 1. The molecule has 0 fully saturated rings. The smallest absolute Gasteiger partial charge is 0.0558 e. The Labute approximate surface area is 69.3 Å². The van der Waals surface area contributed by atoms with E-state index in [-0.39, 0.29) is 6.10 Å². The molecular weight excluding hydrogens is 138 g/mol. The van der Waals surface area contributed by atoms with Crippen molar-refractivity contribution in [2.45, 2.75) is 31.9 Å². The molecule has 64 valence electrons. The highest BCUT2D eigenvalue weighted by atomic mass is 16.5. The molecule has 0 spiro atoms. The van der Waals surface area contributed by atoms with Crippen molar-refractivity contribution in [3.8, 4) is 12.3 Å². The van der Waals surface area contributed by atoms with Crippen LogP contribution in [0, 0.1) is 12.3 Å². The van der Waals surface area contributed by atoms with Crippen LogP contribution in [0.3, 0.4) is 0 Å². The Hall–Kier alpha value is -0.520. The van der Waals surface area contributed by atoms with Crippen LogP contribution in [0.5, 0.6) is 0 Å². The number of rotatable bonds is 5. The van der Waals surface area contributed by atoms with Gasteiger partial charge in [-0.15, -0.1) is 12.3 Å². The summed E-state index contributed by atoms with van der Waals surface area (Å²) in [5.41, 5.74) is 0. The van der Waals surface area contributed by atoms with E-state index in [1.807, 2.05) is 14.0 Å². The third kappa shape index (κ3) is 4.83. The molecule has 0 aromatic heterocycles. The second kappa shape index (κ2) is 6.21. The normalized spacial score (nSPS) is 15.5. The summed E-state index contributed by atoms with van der Waals surface area (Å²) in [5.74, 6) is 2.63. The topological polar surface area (TPSA) is 21.3 Å². The van der Waals surface area contributed by atoms with Crippen molar-refractivity contribution in [3.05, 3.63) is 0 Å². The molecule has 1 N–H and O–H groups in total. The molecule has 2 unspecified atom stereocenters. The SMILES string of the molecule is C#CCC(CC(C)OC)NC. The summed E-state index contributed by atoms with van der Waals surface area (Å²) in [5, 5.41) is 3.15. The van der Waals surface area contributed by atoms with Gasteiger partial charge < -0.3 is 10.1 Å². The predicted octanol–water partition coefficient (Wildman–Crippen LogP) is 1.02. The standard InChI is InChI=1S/C9H17NO/c1-5-6-9(10-3)7-8(2)11-4/h1,8-10H,6-7H2,2-4H3. The molecule has 0 bridgehead atoms. The lowest BCUT2D eigenvalue weighted by Gasteiger charge is -2.17. The first-order chi connectivity index (χ1) is 5.24. The zero-order valence-electron chi connectivity index (χ0n) is 7.55. The van der Waals surface area contributed by atoms with E-state index in [4.69, 9.17) is 11.2 Å². The van der Waals surface area contributed by atoms with Gasteiger partial charge in [-0.05, 0) is 20.4 Å². The van der Waals surface area contributed by atoms with Gasteiger partial charge in [-0.25, -0.2) is 0 Å². The second-order valence-electron chi connectivity index (χ2n) is 2.68. The van der Waals surface area contributed by atoms with Gasteiger partial charge in [0.2, 0.25) is 0 Å². The first kappa shape index (κ1) is 10.5. The van der Waals surface area contributed by atoms with E-state index in [9.17, 15) is 0 Å². The summed E-state index contributed by atoms with van der Waals surface area (Å²) in [6, 6.07) is 0.384. The molecule has 0 saturated carbocycles. The largest absolute Gasteiger partial charge is 0.382 e. The highest BCUT2D eigenvalue weighted by molar-refractivity contribution is 4.89. The van der Waals surface area contributed by atoms with E-state index < -0.39 is 0 Å². The Bertz CT molecular complexity index is 128. The maximum atomic E-state index is 5.19. The fraction of sp³-hybridized carbons (Fsp3) is 0.778. The van der Waals surface area contributed by atoms with Crippen molar-refractivity contribution in [3.63, 3.8) is 0 Å². The lowest BCUT2D eigenvalue weighted by Crippen LogP contribution is -2.29. The van der Waals surface area contributed by atoms with Gasteiger partial charge in [0.15, 0.2) is 0 Å². The average Bonchev–Trinajstić information content (AvgIpc) is 2.03. The molecule has 0 aliphatic rings. The Balaban J connectivity index is 3.60. The van der Waals surface area contributed by atoms with Crippen molar-refractivity contribution < 1.29 is 4.74 Å². The van der Waals surface area contributed by atoms with Crippen LogP contribution in [0.1, 0.15) is 19.8 Å². The number of ether oxygens (including phenoxy) is 1. The van der Waals surface area contributed by atoms with E-state index in [0.29, 0.717) is 6.04 Å². The monoisotopic (exact) mass is 155 g/mol. The van der Waals surface area contributed by atoms with Gasteiger partial charge in [-0.1, -0.05) is 0 Å². The quantitative estimate of drug-likeness (QED) is 0.599. The molecule has 0 heterocycles. The van der Waals surface area contributed by atoms with Crippen molar-refractivity contribution in [1.82, 2.24) is 5.32 Å². The number of methoxy groups -OCH3 is 1. The summed E-state index contributed by atoms with van der Waals surface area (Å²) < 4.78 is 5.12. The lowest BCUT2D eigenvalue weighted by atomic mass is 10.1. The van der Waals surface area contributed by atoms with Gasteiger partial charge in [0.05, 0.1) is 6.10 Å². The molecule has 0 radical (unpaired) electrons. The van der Waals surface area contributed by atoms with Crippen LogP contribution in [0.4, 0.5) is 0 Å². The molecule has 11 heavy (non-hydrogen) atoms. The molecule has 0 aliphatic carbocycles. The molecule has 0 rings (SSSR count). The van der Waals surface area contributed by atoms with Crippen LogP contribution < -0.4 is 5.32 Å². The van der Waals surface area contributed by atoms with Crippen LogP contribution in [0.15, 0.2) is 0 Å². The summed E-state index contributed by atoms with van der Waals surface area (Å²) in [7, 11) is 3.64. The second-order valence-corrected chi connectivity index (χ2v) is 2.68. The van der Waals surface area contributed by atoms with Crippen molar-refractivity contribution in [2.24, 2.45) is 0 Å². The summed E-state index contributed by atoms with van der Waals surface area (Å²) in [4.78, 5) is 0. The fourth-order valence-corrected chi connectivity index (χ4v) is 0.942. The summed E-state index contributed by atoms with van der Waals surface area (Å²) >= 11 is 0. The van der Waals surface area contributed by atoms with E-state index in [2.05, 4.69) is 11.2 Å². The molecule has 0 aromatic rings. The predicted molar refractivity (Wildman–Crippen MR) is 47.4 cm³/mol. The highest BCUT2D eigenvalue weighted by Gasteiger charge is 2.08.